The summed E-state index contributed by atoms with van der Waals surface area (Å²) in [6, 6.07) is 0.299. The van der Waals surface area contributed by atoms with Gasteiger partial charge in [0, 0.05) is 38.0 Å². The van der Waals surface area contributed by atoms with Crippen LogP contribution in [0.15, 0.2) is 12.4 Å². The molecule has 1 unspecified atom stereocenters. The molecule has 0 saturated heterocycles. The third-order valence-electron chi connectivity index (χ3n) is 2.59. The van der Waals surface area contributed by atoms with Crippen LogP contribution in [0.1, 0.15) is 39.3 Å². The van der Waals surface area contributed by atoms with Crippen LogP contribution in [-0.2, 0) is 11.8 Å². The number of rotatable bonds is 6. The van der Waals surface area contributed by atoms with E-state index in [2.05, 4.69) is 31.2 Å². The first kappa shape index (κ1) is 13.2. The Labute approximate surface area is 98.0 Å². The van der Waals surface area contributed by atoms with E-state index in [1.165, 1.54) is 5.56 Å². The van der Waals surface area contributed by atoms with E-state index in [1.54, 1.807) is 0 Å². The molecule has 0 spiro atoms. The summed E-state index contributed by atoms with van der Waals surface area (Å²) in [5, 5.41) is 7.62. The summed E-state index contributed by atoms with van der Waals surface area (Å²) in [5.41, 5.74) is 1.08. The van der Waals surface area contributed by atoms with Crippen molar-refractivity contribution in [2.24, 2.45) is 7.05 Å². The van der Waals surface area contributed by atoms with E-state index in [4.69, 9.17) is 4.74 Å². The van der Waals surface area contributed by atoms with Crippen LogP contribution < -0.4 is 5.32 Å². The van der Waals surface area contributed by atoms with Crippen molar-refractivity contribution in [2.75, 3.05) is 13.2 Å². The Morgan fingerprint density at radius 1 is 1.56 bits per heavy atom. The lowest BCUT2D eigenvalue weighted by Gasteiger charge is -2.26. The Morgan fingerprint density at radius 3 is 2.75 bits per heavy atom. The molecule has 1 N–H and O–H groups in total. The first-order valence-corrected chi connectivity index (χ1v) is 5.80. The fourth-order valence-electron chi connectivity index (χ4n) is 1.62. The maximum absolute atomic E-state index is 5.64. The minimum Gasteiger partial charge on any atom is -0.375 e. The molecule has 1 heterocycles. The highest BCUT2D eigenvalue weighted by atomic mass is 16.5. The van der Waals surface area contributed by atoms with E-state index < -0.39 is 0 Å². The monoisotopic (exact) mass is 225 g/mol. The van der Waals surface area contributed by atoms with Crippen molar-refractivity contribution in [3.63, 3.8) is 0 Å². The van der Waals surface area contributed by atoms with Gasteiger partial charge in [-0.1, -0.05) is 0 Å². The molecule has 1 rings (SSSR count). The van der Waals surface area contributed by atoms with Gasteiger partial charge in [0.15, 0.2) is 0 Å². The second kappa shape index (κ2) is 5.46. The molecule has 4 nitrogen and oxygen atoms in total. The van der Waals surface area contributed by atoms with Gasteiger partial charge >= 0.3 is 0 Å². The lowest BCUT2D eigenvalue weighted by Crippen LogP contribution is -2.38. The van der Waals surface area contributed by atoms with E-state index in [9.17, 15) is 0 Å². The van der Waals surface area contributed by atoms with E-state index in [-0.39, 0.29) is 5.60 Å². The Morgan fingerprint density at radius 2 is 2.25 bits per heavy atom. The quantitative estimate of drug-likeness (QED) is 0.803. The van der Waals surface area contributed by atoms with Crippen molar-refractivity contribution in [2.45, 2.75) is 39.3 Å². The molecule has 0 aliphatic carbocycles. The fourth-order valence-corrected chi connectivity index (χ4v) is 1.62. The SMILES string of the molecule is CCOC(C)(C)CNC(C)c1cnn(C)c1. The number of ether oxygens (including phenoxy) is 1. The Bertz CT molecular complexity index is 320. The Hall–Kier alpha value is -0.870. The molecule has 0 radical (unpaired) electrons. The topological polar surface area (TPSA) is 39.1 Å². The standard InChI is InChI=1S/C12H23N3O/c1-6-16-12(3,4)9-13-10(2)11-7-14-15(5)8-11/h7-8,10,13H,6,9H2,1-5H3. The van der Waals surface area contributed by atoms with Gasteiger partial charge in [-0.25, -0.2) is 0 Å². The highest BCUT2D eigenvalue weighted by Gasteiger charge is 2.18. The fraction of sp³-hybridized carbons (Fsp3) is 0.750. The molecule has 1 atom stereocenters. The Kier molecular flexibility index (Phi) is 4.50. The van der Waals surface area contributed by atoms with Gasteiger partial charge in [-0.05, 0) is 27.7 Å². The third kappa shape index (κ3) is 3.94. The second-order valence-corrected chi connectivity index (χ2v) is 4.74. The zero-order valence-electron chi connectivity index (χ0n) is 10.9. The zero-order valence-corrected chi connectivity index (χ0v) is 10.9. The Balaban J connectivity index is 2.43. The first-order valence-electron chi connectivity index (χ1n) is 5.80. The molecule has 0 aliphatic heterocycles. The lowest BCUT2D eigenvalue weighted by atomic mass is 10.1. The van der Waals surface area contributed by atoms with Crippen molar-refractivity contribution in [1.82, 2.24) is 15.1 Å². The molecule has 16 heavy (non-hydrogen) atoms. The number of hydrogen-bond acceptors (Lipinski definition) is 3. The normalized spacial score (nSPS) is 14.1. The van der Waals surface area contributed by atoms with Gasteiger partial charge in [0.25, 0.3) is 0 Å². The van der Waals surface area contributed by atoms with Crippen LogP contribution in [0.4, 0.5) is 0 Å². The predicted molar refractivity (Wildman–Crippen MR) is 65.3 cm³/mol. The molecule has 0 bridgehead atoms. The van der Waals surface area contributed by atoms with E-state index in [1.807, 2.05) is 31.0 Å². The molecule has 92 valence electrons. The summed E-state index contributed by atoms with van der Waals surface area (Å²) >= 11 is 0. The smallest absolute Gasteiger partial charge is 0.0750 e. The molecule has 1 aromatic heterocycles. The molecular weight excluding hydrogens is 202 g/mol. The highest BCUT2D eigenvalue weighted by molar-refractivity contribution is 5.09. The molecule has 0 aromatic carbocycles. The van der Waals surface area contributed by atoms with Gasteiger partial charge in [0.05, 0.1) is 11.8 Å². The molecule has 0 amide bonds. The van der Waals surface area contributed by atoms with E-state index in [0.29, 0.717) is 6.04 Å². The molecule has 0 aliphatic rings. The number of nitrogens with one attached hydrogen (secondary N) is 1. The van der Waals surface area contributed by atoms with Crippen LogP contribution in [0, 0.1) is 0 Å². The van der Waals surface area contributed by atoms with E-state index >= 15 is 0 Å². The molecule has 0 saturated carbocycles. The number of hydrogen-bond donors (Lipinski definition) is 1. The lowest BCUT2D eigenvalue weighted by molar-refractivity contribution is -0.0103. The summed E-state index contributed by atoms with van der Waals surface area (Å²) in [4.78, 5) is 0. The van der Waals surface area contributed by atoms with Crippen molar-refractivity contribution in [3.05, 3.63) is 18.0 Å². The van der Waals surface area contributed by atoms with Crippen LogP contribution in [0.3, 0.4) is 0 Å². The van der Waals surface area contributed by atoms with Gasteiger partial charge in [-0.2, -0.15) is 5.10 Å². The summed E-state index contributed by atoms with van der Waals surface area (Å²) in [7, 11) is 1.93. The summed E-state index contributed by atoms with van der Waals surface area (Å²) in [5.74, 6) is 0. The first-order chi connectivity index (χ1) is 7.44. The predicted octanol–water partition coefficient (Wildman–Crippen LogP) is 1.89. The van der Waals surface area contributed by atoms with Crippen molar-refractivity contribution >= 4 is 0 Å². The average molecular weight is 225 g/mol. The zero-order chi connectivity index (χ0) is 12.2. The largest absolute Gasteiger partial charge is 0.375 e. The van der Waals surface area contributed by atoms with Crippen LogP contribution in [0.25, 0.3) is 0 Å². The maximum atomic E-state index is 5.64. The van der Waals surface area contributed by atoms with E-state index in [0.717, 1.165) is 13.2 Å². The van der Waals surface area contributed by atoms with Gasteiger partial charge in [0.2, 0.25) is 0 Å². The van der Waals surface area contributed by atoms with Gasteiger partial charge in [0.1, 0.15) is 0 Å². The summed E-state index contributed by atoms with van der Waals surface area (Å²) in [6.07, 6.45) is 3.93. The number of aromatic nitrogens is 2. The van der Waals surface area contributed by atoms with Crippen molar-refractivity contribution in [3.8, 4) is 0 Å². The minimum atomic E-state index is -0.120. The average Bonchev–Trinajstić information content (AvgIpc) is 2.61. The van der Waals surface area contributed by atoms with Crippen LogP contribution >= 0.6 is 0 Å². The molecular formula is C12H23N3O. The molecule has 1 aromatic rings. The number of nitrogens with zero attached hydrogens (tertiary/aromatic N) is 2. The number of aryl methyl sites for hydroxylation is 1. The van der Waals surface area contributed by atoms with Crippen LogP contribution in [0.2, 0.25) is 0 Å². The summed E-state index contributed by atoms with van der Waals surface area (Å²) in [6.45, 7) is 9.93. The molecule has 0 fully saturated rings. The van der Waals surface area contributed by atoms with Crippen LogP contribution in [-0.4, -0.2) is 28.5 Å². The van der Waals surface area contributed by atoms with Crippen molar-refractivity contribution < 1.29 is 4.74 Å². The minimum absolute atomic E-state index is 0.120. The van der Waals surface area contributed by atoms with Gasteiger partial charge in [-0.15, -0.1) is 0 Å². The highest BCUT2D eigenvalue weighted by Crippen LogP contribution is 2.13. The second-order valence-electron chi connectivity index (χ2n) is 4.74. The van der Waals surface area contributed by atoms with Crippen LogP contribution in [0.5, 0.6) is 0 Å². The van der Waals surface area contributed by atoms with Gasteiger partial charge in [-0.3, -0.25) is 4.68 Å². The third-order valence-corrected chi connectivity index (χ3v) is 2.59. The van der Waals surface area contributed by atoms with Crippen molar-refractivity contribution in [1.29, 1.82) is 0 Å². The maximum Gasteiger partial charge on any atom is 0.0750 e. The van der Waals surface area contributed by atoms with Gasteiger partial charge < -0.3 is 10.1 Å². The molecule has 4 heteroatoms. The summed E-state index contributed by atoms with van der Waals surface area (Å²) < 4.78 is 7.46.